The van der Waals surface area contributed by atoms with Gasteiger partial charge in [0, 0.05) is 18.0 Å². The van der Waals surface area contributed by atoms with Crippen LogP contribution in [0.25, 0.3) is 0 Å². The van der Waals surface area contributed by atoms with Crippen molar-refractivity contribution >= 4 is 23.6 Å². The molecule has 6 N–H and O–H groups in total. The summed E-state index contributed by atoms with van der Waals surface area (Å²) in [6, 6.07) is 5.43. The van der Waals surface area contributed by atoms with Gasteiger partial charge in [-0.05, 0) is 43.5 Å². The van der Waals surface area contributed by atoms with Crippen LogP contribution in [0.3, 0.4) is 0 Å². The fraction of sp³-hybridized carbons (Fsp3) is 0.500. The van der Waals surface area contributed by atoms with Gasteiger partial charge in [0.05, 0.1) is 13.0 Å². The van der Waals surface area contributed by atoms with Crippen LogP contribution in [0.1, 0.15) is 45.6 Å². The number of amidine groups is 1. The van der Waals surface area contributed by atoms with Gasteiger partial charge in [0.15, 0.2) is 0 Å². The van der Waals surface area contributed by atoms with Crippen molar-refractivity contribution in [1.29, 1.82) is 5.41 Å². The van der Waals surface area contributed by atoms with Crippen LogP contribution in [0, 0.1) is 11.3 Å². The standard InChI is InChI=1S/C20H30N4O5/c1-12(2)13(3)23-20(28)16(11-18(26)27)24-17(25)5-4-10-29-15-8-6-14(7-9-15)19(21)22/h6-9,12-13,16H,4-5,10-11H2,1-3H3,(H3,21,22)(H,23,28)(H,24,25)(H,26,27). The summed E-state index contributed by atoms with van der Waals surface area (Å²) in [5, 5.41) is 21.6. The average molecular weight is 406 g/mol. The Morgan fingerprint density at radius 1 is 1.14 bits per heavy atom. The monoisotopic (exact) mass is 406 g/mol. The molecule has 0 spiro atoms. The second-order valence-corrected chi connectivity index (χ2v) is 7.15. The number of amides is 2. The van der Waals surface area contributed by atoms with Gasteiger partial charge in [0.1, 0.15) is 17.6 Å². The van der Waals surface area contributed by atoms with Gasteiger partial charge in [0.25, 0.3) is 0 Å². The van der Waals surface area contributed by atoms with E-state index >= 15 is 0 Å². The van der Waals surface area contributed by atoms with Crippen molar-refractivity contribution in [2.24, 2.45) is 11.7 Å². The summed E-state index contributed by atoms with van der Waals surface area (Å²) in [7, 11) is 0. The average Bonchev–Trinajstić information content (AvgIpc) is 2.64. The molecular formula is C20H30N4O5. The van der Waals surface area contributed by atoms with E-state index in [0.717, 1.165) is 0 Å². The maximum absolute atomic E-state index is 12.3. The van der Waals surface area contributed by atoms with Crippen LogP contribution < -0.4 is 21.1 Å². The molecule has 0 aliphatic rings. The SMILES string of the molecule is CC(C)C(C)NC(=O)C(CC(=O)O)NC(=O)CCCOc1ccc(C(=N)N)cc1. The van der Waals surface area contributed by atoms with Crippen molar-refractivity contribution in [1.82, 2.24) is 10.6 Å². The predicted octanol–water partition coefficient (Wildman–Crippen LogP) is 1.25. The lowest BCUT2D eigenvalue weighted by Gasteiger charge is -2.22. The molecule has 0 heterocycles. The highest BCUT2D eigenvalue weighted by Gasteiger charge is 2.25. The molecule has 0 fully saturated rings. The fourth-order valence-electron chi connectivity index (χ4n) is 2.30. The van der Waals surface area contributed by atoms with Gasteiger partial charge in [-0.3, -0.25) is 19.8 Å². The van der Waals surface area contributed by atoms with E-state index in [9.17, 15) is 14.4 Å². The number of carboxylic acids is 1. The molecule has 1 aromatic rings. The van der Waals surface area contributed by atoms with Crippen LogP contribution in [-0.2, 0) is 14.4 Å². The minimum atomic E-state index is -1.17. The number of nitrogen functional groups attached to an aromatic ring is 1. The van der Waals surface area contributed by atoms with Crippen LogP contribution in [0.5, 0.6) is 5.75 Å². The lowest BCUT2D eigenvalue weighted by molar-refractivity contribution is -0.140. The molecule has 1 aromatic carbocycles. The fourth-order valence-corrected chi connectivity index (χ4v) is 2.30. The molecule has 0 saturated carbocycles. The topological polar surface area (TPSA) is 155 Å². The van der Waals surface area contributed by atoms with Crippen molar-refractivity contribution in [3.05, 3.63) is 29.8 Å². The Morgan fingerprint density at radius 2 is 1.76 bits per heavy atom. The Labute approximate surface area is 170 Å². The van der Waals surface area contributed by atoms with Gasteiger partial charge >= 0.3 is 5.97 Å². The molecule has 9 heteroatoms. The number of carboxylic acid groups (broad SMARTS) is 1. The van der Waals surface area contributed by atoms with Crippen LogP contribution in [0.4, 0.5) is 0 Å². The zero-order valence-corrected chi connectivity index (χ0v) is 17.0. The third-order valence-corrected chi connectivity index (χ3v) is 4.38. The molecule has 2 atom stereocenters. The second kappa shape index (κ2) is 11.7. The maximum Gasteiger partial charge on any atom is 0.305 e. The van der Waals surface area contributed by atoms with E-state index in [1.807, 2.05) is 20.8 Å². The van der Waals surface area contributed by atoms with E-state index in [0.29, 0.717) is 17.7 Å². The van der Waals surface area contributed by atoms with Gasteiger partial charge < -0.3 is 26.2 Å². The van der Waals surface area contributed by atoms with Crippen molar-refractivity contribution in [2.45, 2.75) is 52.1 Å². The first-order valence-corrected chi connectivity index (χ1v) is 9.49. The molecule has 9 nitrogen and oxygen atoms in total. The first kappa shape index (κ1) is 23.9. The van der Waals surface area contributed by atoms with E-state index in [1.165, 1.54) is 0 Å². The van der Waals surface area contributed by atoms with Gasteiger partial charge in [-0.1, -0.05) is 13.8 Å². The summed E-state index contributed by atoms with van der Waals surface area (Å²) in [5.74, 6) is -1.36. The molecule has 160 valence electrons. The number of aliphatic carboxylic acids is 1. The number of benzene rings is 1. The molecule has 0 aromatic heterocycles. The van der Waals surface area contributed by atoms with E-state index < -0.39 is 30.2 Å². The van der Waals surface area contributed by atoms with Gasteiger partial charge in [-0.2, -0.15) is 0 Å². The number of carbonyl (C=O) groups excluding carboxylic acids is 2. The Bertz CT molecular complexity index is 718. The number of rotatable bonds is 12. The summed E-state index contributed by atoms with van der Waals surface area (Å²) in [6.07, 6.45) is 0.000148. The molecular weight excluding hydrogens is 376 g/mol. The molecule has 2 amide bonds. The normalized spacial score (nSPS) is 12.7. The Morgan fingerprint density at radius 3 is 2.28 bits per heavy atom. The Balaban J connectivity index is 2.46. The molecule has 2 unspecified atom stereocenters. The highest BCUT2D eigenvalue weighted by Crippen LogP contribution is 2.12. The van der Waals surface area contributed by atoms with E-state index in [2.05, 4.69) is 10.6 Å². The summed E-state index contributed by atoms with van der Waals surface area (Å²) in [4.78, 5) is 35.4. The number of hydrogen-bond donors (Lipinski definition) is 5. The van der Waals surface area contributed by atoms with Crippen LogP contribution in [0.2, 0.25) is 0 Å². The number of hydrogen-bond acceptors (Lipinski definition) is 5. The third kappa shape index (κ3) is 9.09. The first-order valence-electron chi connectivity index (χ1n) is 9.49. The lowest BCUT2D eigenvalue weighted by atomic mass is 10.1. The molecule has 29 heavy (non-hydrogen) atoms. The minimum absolute atomic E-state index is 0.0315. The second-order valence-electron chi connectivity index (χ2n) is 7.15. The molecule has 1 rings (SSSR count). The Kier molecular flexibility index (Phi) is 9.64. The third-order valence-electron chi connectivity index (χ3n) is 4.38. The number of ether oxygens (including phenoxy) is 1. The summed E-state index contributed by atoms with van der Waals surface area (Å²) in [6.45, 7) is 5.96. The van der Waals surface area contributed by atoms with E-state index in [1.54, 1.807) is 24.3 Å². The lowest BCUT2D eigenvalue weighted by Crippen LogP contribution is -2.50. The molecule has 0 radical (unpaired) electrons. The molecule has 0 bridgehead atoms. The van der Waals surface area contributed by atoms with Gasteiger partial charge in [-0.25, -0.2) is 0 Å². The van der Waals surface area contributed by atoms with Crippen molar-refractivity contribution < 1.29 is 24.2 Å². The van der Waals surface area contributed by atoms with Crippen LogP contribution >= 0.6 is 0 Å². The predicted molar refractivity (Wildman–Crippen MR) is 109 cm³/mol. The van der Waals surface area contributed by atoms with Crippen molar-refractivity contribution in [3.63, 3.8) is 0 Å². The number of carbonyl (C=O) groups is 3. The molecule has 0 saturated heterocycles. The zero-order valence-electron chi connectivity index (χ0n) is 17.0. The summed E-state index contributed by atoms with van der Waals surface area (Å²) >= 11 is 0. The van der Waals surface area contributed by atoms with Crippen LogP contribution in [0.15, 0.2) is 24.3 Å². The first-order chi connectivity index (χ1) is 13.6. The zero-order chi connectivity index (χ0) is 22.0. The molecule has 0 aliphatic heterocycles. The van der Waals surface area contributed by atoms with E-state index in [-0.39, 0.29) is 30.8 Å². The van der Waals surface area contributed by atoms with Gasteiger partial charge in [-0.15, -0.1) is 0 Å². The highest BCUT2D eigenvalue weighted by atomic mass is 16.5. The Hall–Kier alpha value is -3.10. The largest absolute Gasteiger partial charge is 0.494 e. The molecule has 0 aliphatic carbocycles. The quantitative estimate of drug-likeness (QED) is 0.200. The van der Waals surface area contributed by atoms with Crippen molar-refractivity contribution in [3.8, 4) is 5.75 Å². The van der Waals surface area contributed by atoms with Crippen molar-refractivity contribution in [2.75, 3.05) is 6.61 Å². The highest BCUT2D eigenvalue weighted by molar-refractivity contribution is 5.95. The van der Waals surface area contributed by atoms with Crippen LogP contribution in [-0.4, -0.2) is 47.4 Å². The summed E-state index contributed by atoms with van der Waals surface area (Å²) in [5.41, 5.74) is 5.97. The minimum Gasteiger partial charge on any atom is -0.494 e. The number of nitrogens with two attached hydrogens (primary N) is 1. The van der Waals surface area contributed by atoms with Gasteiger partial charge in [0.2, 0.25) is 11.8 Å². The smallest absolute Gasteiger partial charge is 0.305 e. The number of nitrogens with one attached hydrogen (secondary N) is 3. The summed E-state index contributed by atoms with van der Waals surface area (Å²) < 4.78 is 5.52. The maximum atomic E-state index is 12.3. The van der Waals surface area contributed by atoms with E-state index in [4.69, 9.17) is 21.0 Å².